The number of esters is 2. The lowest BCUT2D eigenvalue weighted by molar-refractivity contribution is -0.158. The summed E-state index contributed by atoms with van der Waals surface area (Å²) in [6.45, 7) is 5.72. The summed E-state index contributed by atoms with van der Waals surface area (Å²) in [5.41, 5.74) is 2.67. The first kappa shape index (κ1) is 30.5. The molecule has 13 nitrogen and oxygen atoms in total. The number of aromatic nitrogens is 2. The van der Waals surface area contributed by atoms with Crippen LogP contribution in [0.2, 0.25) is 0 Å². The Hall–Kier alpha value is -1.54. The Morgan fingerprint density at radius 2 is 1.88 bits per heavy atom. The smallest absolute Gasteiger partial charge is 0.330 e. The summed E-state index contributed by atoms with van der Waals surface area (Å²) in [5, 5.41) is 2.53. The van der Waals surface area contributed by atoms with E-state index in [-0.39, 0.29) is 11.4 Å². The third kappa shape index (κ3) is 10.4. The molecule has 0 fully saturated rings. The van der Waals surface area contributed by atoms with Gasteiger partial charge < -0.3 is 24.5 Å². The van der Waals surface area contributed by atoms with E-state index in [2.05, 4.69) is 26.0 Å². The molecule has 4 N–H and O–H groups in total. The molecule has 0 aliphatic rings. The van der Waals surface area contributed by atoms with Crippen LogP contribution in [-0.2, 0) is 32.9 Å². The number of alkyl halides is 2. The quantitative estimate of drug-likeness (QED) is 0.157. The molecular formula is C18H29BrClN4O9P. The van der Waals surface area contributed by atoms with Crippen molar-refractivity contribution in [3.05, 3.63) is 33.1 Å². The maximum Gasteiger partial charge on any atom is 0.330 e. The zero-order chi connectivity index (χ0) is 26.0. The van der Waals surface area contributed by atoms with E-state index >= 15 is 0 Å². The minimum Gasteiger partial charge on any atom is -0.462 e. The highest BCUT2D eigenvalue weighted by molar-refractivity contribution is 9.09. The first-order chi connectivity index (χ1) is 15.8. The summed E-state index contributed by atoms with van der Waals surface area (Å²) in [5.74, 6) is -1.45. The fraction of sp³-hybridized carbons (Fsp3) is 0.667. The molecule has 1 heterocycles. The van der Waals surface area contributed by atoms with Gasteiger partial charge in [0.2, 0.25) is 5.56 Å². The lowest BCUT2D eigenvalue weighted by atomic mass is 10.3. The molecule has 16 heteroatoms. The number of nitrogens with two attached hydrogens (primary N) is 1. The second-order valence-corrected chi connectivity index (χ2v) is 9.56. The highest BCUT2D eigenvalue weighted by Gasteiger charge is 2.30. The number of nitrogens with zero attached hydrogens (tertiary/aromatic N) is 1. The van der Waals surface area contributed by atoms with Gasteiger partial charge >= 0.3 is 17.6 Å². The largest absolute Gasteiger partial charge is 0.462 e. The van der Waals surface area contributed by atoms with Crippen molar-refractivity contribution in [2.45, 2.75) is 63.8 Å². The van der Waals surface area contributed by atoms with E-state index in [1.165, 1.54) is 20.0 Å². The lowest BCUT2D eigenvalue weighted by Gasteiger charge is -2.28. The molecule has 0 bridgehead atoms. The molecule has 34 heavy (non-hydrogen) atoms. The van der Waals surface area contributed by atoms with Gasteiger partial charge in [-0.1, -0.05) is 27.5 Å². The standard InChI is InChI=1S/C18H29BrClN4O9P/c1-9(2)31-17(27)11(4)23-34(29)30-8-12(15(20)33-16(26)10(3)21)32-14(7-19)24-6-5-13(25)22-18(24)28/h5-6,9-12,14-15,34H,7-8,21H2,1-4H3,(H,23,29)(H,22,25,28)/t10-,11+,12+,14+,15+/m0/s1. The lowest BCUT2D eigenvalue weighted by Crippen LogP contribution is -2.41. The number of hydrogen-bond donors (Lipinski definition) is 3. The van der Waals surface area contributed by atoms with E-state index in [1.54, 1.807) is 13.8 Å². The van der Waals surface area contributed by atoms with Gasteiger partial charge in [0.15, 0.2) is 0 Å². The number of hydrogen-bond acceptors (Lipinski definition) is 10. The zero-order valence-electron chi connectivity index (χ0n) is 19.0. The predicted molar refractivity (Wildman–Crippen MR) is 127 cm³/mol. The Bertz CT molecular complexity index is 958. The molecule has 194 valence electrons. The van der Waals surface area contributed by atoms with Crippen molar-refractivity contribution in [1.82, 2.24) is 14.6 Å². The van der Waals surface area contributed by atoms with Crippen LogP contribution in [0.25, 0.3) is 0 Å². The molecule has 0 aliphatic heterocycles. The maximum absolute atomic E-state index is 12.3. The van der Waals surface area contributed by atoms with Gasteiger partial charge in [0, 0.05) is 17.6 Å². The second kappa shape index (κ2) is 14.8. The van der Waals surface area contributed by atoms with Crippen molar-refractivity contribution in [2.75, 3.05) is 11.9 Å². The van der Waals surface area contributed by atoms with Crippen LogP contribution < -0.4 is 22.1 Å². The molecule has 1 aromatic heterocycles. The second-order valence-electron chi connectivity index (χ2n) is 7.33. The van der Waals surface area contributed by atoms with Gasteiger partial charge in [0.1, 0.15) is 24.4 Å². The minimum absolute atomic E-state index is 0.0613. The fourth-order valence-corrected chi connectivity index (χ4v) is 3.83. The summed E-state index contributed by atoms with van der Waals surface area (Å²) in [6.07, 6.45) is -1.41. The topological polar surface area (TPSA) is 181 Å². The molecule has 1 rings (SSSR count). The molecule has 0 radical (unpaired) electrons. The van der Waals surface area contributed by atoms with Gasteiger partial charge in [-0.25, -0.2) is 9.88 Å². The van der Waals surface area contributed by atoms with Crippen LogP contribution in [0.15, 0.2) is 21.9 Å². The van der Waals surface area contributed by atoms with Crippen LogP contribution in [0.3, 0.4) is 0 Å². The Balaban J connectivity index is 2.96. The van der Waals surface area contributed by atoms with Gasteiger partial charge in [-0.15, -0.1) is 0 Å². The summed E-state index contributed by atoms with van der Waals surface area (Å²) >= 11 is 9.38. The van der Waals surface area contributed by atoms with Gasteiger partial charge in [-0.05, 0) is 27.7 Å². The van der Waals surface area contributed by atoms with Crippen LogP contribution in [0.1, 0.15) is 33.9 Å². The normalized spacial score (nSPS) is 16.8. The molecule has 0 saturated heterocycles. The van der Waals surface area contributed by atoms with E-state index in [0.29, 0.717) is 0 Å². The van der Waals surface area contributed by atoms with Crippen LogP contribution in [0, 0.1) is 0 Å². The number of ether oxygens (including phenoxy) is 3. The highest BCUT2D eigenvalue weighted by Crippen LogP contribution is 2.24. The molecule has 0 aromatic carbocycles. The van der Waals surface area contributed by atoms with Crippen molar-refractivity contribution in [1.29, 1.82) is 0 Å². The Kier molecular flexibility index (Phi) is 13.2. The fourth-order valence-electron chi connectivity index (χ4n) is 2.27. The van der Waals surface area contributed by atoms with Crippen molar-refractivity contribution in [3.63, 3.8) is 0 Å². The first-order valence-corrected chi connectivity index (χ1v) is 13.0. The first-order valence-electron chi connectivity index (χ1n) is 10.1. The number of rotatable bonds is 14. The van der Waals surface area contributed by atoms with E-state index in [9.17, 15) is 23.7 Å². The Morgan fingerprint density at radius 1 is 1.24 bits per heavy atom. The number of carbonyl (C=O) groups is 2. The van der Waals surface area contributed by atoms with Crippen LogP contribution in [0.4, 0.5) is 0 Å². The van der Waals surface area contributed by atoms with E-state index < -0.39 is 68.0 Å². The maximum atomic E-state index is 12.3. The summed E-state index contributed by atoms with van der Waals surface area (Å²) < 4.78 is 34.5. The SMILES string of the molecule is CC(C)OC(=O)[C@@H](C)N[PH](=O)OC[C@@H](O[C@H](CBr)n1ccc(=O)[nH]c1=O)[C@H](Cl)OC(=O)[C@H](C)N. The van der Waals surface area contributed by atoms with Gasteiger partial charge in [-0.3, -0.25) is 28.5 Å². The number of aromatic amines is 1. The molecule has 6 atom stereocenters. The number of H-pyrrole nitrogens is 1. The monoisotopic (exact) mass is 590 g/mol. The number of carbonyl (C=O) groups excluding carboxylic acids is 2. The van der Waals surface area contributed by atoms with E-state index in [4.69, 9.17) is 36.1 Å². The van der Waals surface area contributed by atoms with Gasteiger partial charge in [-0.2, -0.15) is 0 Å². The molecule has 1 unspecified atom stereocenters. The number of nitrogens with one attached hydrogen (secondary N) is 2. The minimum atomic E-state index is -2.99. The van der Waals surface area contributed by atoms with Gasteiger partial charge in [0.25, 0.3) is 13.7 Å². The van der Waals surface area contributed by atoms with Crippen LogP contribution in [0.5, 0.6) is 0 Å². The van der Waals surface area contributed by atoms with Crippen molar-refractivity contribution < 1.29 is 32.9 Å². The third-order valence-corrected chi connectivity index (χ3v) is 5.96. The highest BCUT2D eigenvalue weighted by atomic mass is 79.9. The number of halogens is 2. The van der Waals surface area contributed by atoms with Crippen molar-refractivity contribution in [2.24, 2.45) is 5.73 Å². The zero-order valence-corrected chi connectivity index (χ0v) is 22.3. The summed E-state index contributed by atoms with van der Waals surface area (Å²) in [4.78, 5) is 49.3. The molecule has 0 aliphatic carbocycles. The van der Waals surface area contributed by atoms with Crippen LogP contribution >= 0.6 is 35.7 Å². The van der Waals surface area contributed by atoms with Crippen LogP contribution in [-0.4, -0.2) is 63.3 Å². The average molecular weight is 592 g/mol. The average Bonchev–Trinajstić information content (AvgIpc) is 2.73. The predicted octanol–water partition coefficient (Wildman–Crippen LogP) is 0.607. The Labute approximate surface area is 209 Å². The molecule has 0 spiro atoms. The van der Waals surface area contributed by atoms with Crippen molar-refractivity contribution >= 4 is 47.6 Å². The Morgan fingerprint density at radius 3 is 2.41 bits per heavy atom. The summed E-state index contributed by atoms with van der Waals surface area (Å²) in [6, 6.07) is -0.795. The summed E-state index contributed by atoms with van der Waals surface area (Å²) in [7, 11) is -2.99. The molecular weight excluding hydrogens is 563 g/mol. The van der Waals surface area contributed by atoms with E-state index in [1.807, 2.05) is 0 Å². The molecule has 0 saturated carbocycles. The third-order valence-electron chi connectivity index (χ3n) is 3.94. The van der Waals surface area contributed by atoms with Gasteiger partial charge in [0.05, 0.1) is 12.7 Å². The van der Waals surface area contributed by atoms with Crippen molar-refractivity contribution in [3.8, 4) is 0 Å². The molecule has 0 amide bonds. The van der Waals surface area contributed by atoms with E-state index in [0.717, 1.165) is 10.6 Å². The molecule has 1 aromatic rings.